The lowest BCUT2D eigenvalue weighted by Crippen LogP contribution is -2.49. The van der Waals surface area contributed by atoms with Gasteiger partial charge in [-0.1, -0.05) is 12.1 Å². The van der Waals surface area contributed by atoms with Crippen molar-refractivity contribution in [3.63, 3.8) is 0 Å². The van der Waals surface area contributed by atoms with Gasteiger partial charge in [-0.2, -0.15) is 0 Å². The van der Waals surface area contributed by atoms with Crippen molar-refractivity contribution in [2.45, 2.75) is 19.4 Å². The number of hydrazine groups is 1. The van der Waals surface area contributed by atoms with E-state index in [2.05, 4.69) is 0 Å². The molecule has 0 aliphatic carbocycles. The lowest BCUT2D eigenvalue weighted by Gasteiger charge is -2.22. The summed E-state index contributed by atoms with van der Waals surface area (Å²) in [6.07, 6.45) is 0.0890. The molecule has 0 saturated carbocycles. The molecule has 0 saturated heterocycles. The average molecular weight is 238 g/mol. The molecule has 0 aliphatic rings. The zero-order chi connectivity index (χ0) is 13.0. The number of carbonyl (C=O) groups excluding carboxylic acids is 1. The predicted octanol–water partition coefficient (Wildman–Crippen LogP) is 0.110. The van der Waals surface area contributed by atoms with Crippen molar-refractivity contribution < 1.29 is 19.8 Å². The van der Waals surface area contributed by atoms with Crippen LogP contribution in [0.5, 0.6) is 5.75 Å². The topological polar surface area (TPSA) is 104 Å². The first kappa shape index (κ1) is 13.0. The first-order valence-electron chi connectivity index (χ1n) is 4.97. The number of benzene rings is 1. The van der Waals surface area contributed by atoms with Crippen molar-refractivity contribution in [3.05, 3.63) is 29.8 Å². The zero-order valence-electron chi connectivity index (χ0n) is 9.33. The Balaban J connectivity index is 2.84. The minimum absolute atomic E-state index is 0.0890. The summed E-state index contributed by atoms with van der Waals surface area (Å²) in [4.78, 5) is 22.0. The number of nitrogens with zero attached hydrogens (tertiary/aromatic N) is 1. The maximum atomic E-state index is 11.0. The van der Waals surface area contributed by atoms with Crippen molar-refractivity contribution in [1.82, 2.24) is 5.01 Å². The molecule has 1 amide bonds. The molecule has 1 rings (SSSR count). The Kier molecular flexibility index (Phi) is 4.06. The van der Waals surface area contributed by atoms with E-state index in [1.54, 1.807) is 12.1 Å². The van der Waals surface area contributed by atoms with Gasteiger partial charge in [0.15, 0.2) is 0 Å². The highest BCUT2D eigenvalue weighted by atomic mass is 16.4. The average Bonchev–Trinajstić information content (AvgIpc) is 2.26. The molecule has 0 heterocycles. The molecular formula is C11H14N2O4. The fraction of sp³-hybridized carbons (Fsp3) is 0.273. The molecule has 0 bridgehead atoms. The van der Waals surface area contributed by atoms with Crippen molar-refractivity contribution in [2.75, 3.05) is 0 Å². The molecule has 4 N–H and O–H groups in total. The maximum absolute atomic E-state index is 11.0. The van der Waals surface area contributed by atoms with E-state index in [0.717, 1.165) is 0 Å². The van der Waals surface area contributed by atoms with Crippen molar-refractivity contribution in [2.24, 2.45) is 5.84 Å². The number of hydrogen-bond acceptors (Lipinski definition) is 4. The smallest absolute Gasteiger partial charge is 0.328 e. The number of aliphatic carboxylic acids is 1. The number of carboxylic acids is 1. The maximum Gasteiger partial charge on any atom is 0.328 e. The van der Waals surface area contributed by atoms with E-state index in [0.29, 0.717) is 10.6 Å². The van der Waals surface area contributed by atoms with E-state index in [1.165, 1.54) is 19.1 Å². The highest BCUT2D eigenvalue weighted by molar-refractivity contribution is 5.82. The molecule has 1 aromatic carbocycles. The lowest BCUT2D eigenvalue weighted by atomic mass is 10.1. The summed E-state index contributed by atoms with van der Waals surface area (Å²) in [5.41, 5.74) is 0.673. The summed E-state index contributed by atoms with van der Waals surface area (Å²) in [6.45, 7) is 1.20. The number of phenolic OH excluding ortho intramolecular Hbond substituents is 1. The summed E-state index contributed by atoms with van der Waals surface area (Å²) >= 11 is 0. The molecule has 0 radical (unpaired) electrons. The monoisotopic (exact) mass is 238 g/mol. The number of nitrogens with two attached hydrogens (primary N) is 1. The lowest BCUT2D eigenvalue weighted by molar-refractivity contribution is -0.149. The van der Waals surface area contributed by atoms with Gasteiger partial charge in [-0.25, -0.2) is 10.6 Å². The Bertz CT molecular complexity index is 416. The van der Waals surface area contributed by atoms with Crippen molar-refractivity contribution in [3.8, 4) is 5.75 Å². The van der Waals surface area contributed by atoms with Crippen LogP contribution in [0.25, 0.3) is 0 Å². The van der Waals surface area contributed by atoms with Gasteiger partial charge in [0, 0.05) is 13.3 Å². The molecule has 6 nitrogen and oxygen atoms in total. The van der Waals surface area contributed by atoms with Crippen LogP contribution in [0.3, 0.4) is 0 Å². The minimum Gasteiger partial charge on any atom is -0.508 e. The van der Waals surface area contributed by atoms with Gasteiger partial charge in [0.1, 0.15) is 11.8 Å². The van der Waals surface area contributed by atoms with Crippen LogP contribution in [0, 0.1) is 0 Å². The third-order valence-corrected chi connectivity index (χ3v) is 2.35. The normalized spacial score (nSPS) is 11.9. The molecular weight excluding hydrogens is 224 g/mol. The molecule has 92 valence electrons. The van der Waals surface area contributed by atoms with Crippen LogP contribution in [0.1, 0.15) is 12.5 Å². The van der Waals surface area contributed by atoms with Crippen LogP contribution >= 0.6 is 0 Å². The standard InChI is InChI=1S/C11H14N2O4/c1-7(14)13(12)10(11(16)17)6-8-2-4-9(15)5-3-8/h2-5,10,15H,6,12H2,1H3,(H,16,17)/t10-/m0/s1. The number of amides is 1. The number of carboxylic acid groups (broad SMARTS) is 1. The molecule has 0 fully saturated rings. The minimum atomic E-state index is -1.17. The summed E-state index contributed by atoms with van der Waals surface area (Å²) in [7, 11) is 0. The third-order valence-electron chi connectivity index (χ3n) is 2.35. The molecule has 0 unspecified atom stereocenters. The molecule has 1 aromatic rings. The van der Waals surface area contributed by atoms with Gasteiger partial charge >= 0.3 is 5.97 Å². The van der Waals surface area contributed by atoms with Gasteiger partial charge in [0.2, 0.25) is 5.91 Å². The quantitative estimate of drug-likeness (QED) is 0.392. The Morgan fingerprint density at radius 1 is 1.35 bits per heavy atom. The van der Waals surface area contributed by atoms with Gasteiger partial charge in [0.25, 0.3) is 0 Å². The molecule has 1 atom stereocenters. The van der Waals surface area contributed by atoms with E-state index in [-0.39, 0.29) is 12.2 Å². The van der Waals surface area contributed by atoms with Crippen molar-refractivity contribution in [1.29, 1.82) is 0 Å². The van der Waals surface area contributed by atoms with Crippen LogP contribution in [0.15, 0.2) is 24.3 Å². The van der Waals surface area contributed by atoms with Gasteiger partial charge in [-0.05, 0) is 17.7 Å². The fourth-order valence-corrected chi connectivity index (χ4v) is 1.38. The van der Waals surface area contributed by atoms with E-state index >= 15 is 0 Å². The SMILES string of the molecule is CC(=O)N(N)[C@@H](Cc1ccc(O)cc1)C(=O)O. The third kappa shape index (κ3) is 3.46. The second-order valence-electron chi connectivity index (χ2n) is 3.65. The summed E-state index contributed by atoms with van der Waals surface area (Å²) in [5, 5.41) is 18.8. The van der Waals surface area contributed by atoms with Gasteiger partial charge in [-0.15, -0.1) is 0 Å². The Morgan fingerprint density at radius 2 is 1.88 bits per heavy atom. The number of hydrogen-bond donors (Lipinski definition) is 3. The van der Waals surface area contributed by atoms with E-state index in [1.807, 2.05) is 0 Å². The van der Waals surface area contributed by atoms with Gasteiger partial charge < -0.3 is 10.2 Å². The molecule has 6 heteroatoms. The van der Waals surface area contributed by atoms with Crippen LogP contribution in [-0.2, 0) is 16.0 Å². The largest absolute Gasteiger partial charge is 0.508 e. The Morgan fingerprint density at radius 3 is 2.29 bits per heavy atom. The van der Waals surface area contributed by atoms with E-state index < -0.39 is 17.9 Å². The first-order valence-corrected chi connectivity index (χ1v) is 4.97. The highest BCUT2D eigenvalue weighted by Crippen LogP contribution is 2.13. The predicted molar refractivity (Wildman–Crippen MR) is 59.9 cm³/mol. The molecule has 0 aliphatic heterocycles. The second kappa shape index (κ2) is 5.31. The van der Waals surface area contributed by atoms with Crippen LogP contribution < -0.4 is 5.84 Å². The number of rotatable bonds is 4. The van der Waals surface area contributed by atoms with Crippen LogP contribution in [0.2, 0.25) is 0 Å². The zero-order valence-corrected chi connectivity index (χ0v) is 9.33. The van der Waals surface area contributed by atoms with Gasteiger partial charge in [-0.3, -0.25) is 9.80 Å². The number of phenols is 1. The summed E-state index contributed by atoms with van der Waals surface area (Å²) in [5.74, 6) is 3.80. The molecule has 0 aromatic heterocycles. The second-order valence-corrected chi connectivity index (χ2v) is 3.65. The Hall–Kier alpha value is -2.08. The molecule has 17 heavy (non-hydrogen) atoms. The Labute approximate surface area is 98.2 Å². The molecule has 0 spiro atoms. The summed E-state index contributed by atoms with van der Waals surface area (Å²) < 4.78 is 0. The van der Waals surface area contributed by atoms with E-state index in [4.69, 9.17) is 16.1 Å². The summed E-state index contributed by atoms with van der Waals surface area (Å²) in [6, 6.07) is 4.95. The van der Waals surface area contributed by atoms with Gasteiger partial charge in [0.05, 0.1) is 0 Å². The van der Waals surface area contributed by atoms with E-state index in [9.17, 15) is 9.59 Å². The first-order chi connectivity index (χ1) is 7.91. The van der Waals surface area contributed by atoms with Crippen LogP contribution in [0.4, 0.5) is 0 Å². The number of aromatic hydroxyl groups is 1. The fourth-order valence-electron chi connectivity index (χ4n) is 1.38. The number of carbonyl (C=O) groups is 2. The highest BCUT2D eigenvalue weighted by Gasteiger charge is 2.25. The van der Waals surface area contributed by atoms with Crippen LogP contribution in [-0.4, -0.2) is 33.1 Å². The van der Waals surface area contributed by atoms with Crippen molar-refractivity contribution >= 4 is 11.9 Å².